The summed E-state index contributed by atoms with van der Waals surface area (Å²) in [6, 6.07) is 0.400. The van der Waals surface area contributed by atoms with Crippen molar-refractivity contribution in [2.75, 3.05) is 6.54 Å². The molecule has 0 fully saturated rings. The molecule has 0 spiro atoms. The second-order valence-corrected chi connectivity index (χ2v) is 4.07. The van der Waals surface area contributed by atoms with E-state index in [2.05, 4.69) is 47.1 Å². The zero-order valence-corrected chi connectivity index (χ0v) is 10.6. The molecule has 14 heavy (non-hydrogen) atoms. The van der Waals surface area contributed by atoms with Gasteiger partial charge in [0.25, 0.3) is 0 Å². The van der Waals surface area contributed by atoms with E-state index in [0.29, 0.717) is 6.04 Å². The van der Waals surface area contributed by atoms with Gasteiger partial charge in [-0.05, 0) is 35.8 Å². The lowest BCUT2D eigenvalue weighted by atomic mass is 10.1. The Labute approximate surface area is 94.0 Å². The molecule has 1 N–H and O–H groups in total. The molecule has 0 aliphatic heterocycles. The molecule has 1 unspecified atom stereocenters. The molecule has 0 aromatic carbocycles. The Morgan fingerprint density at radius 3 is 2.71 bits per heavy atom. The van der Waals surface area contributed by atoms with E-state index in [4.69, 9.17) is 0 Å². The molecule has 1 aromatic heterocycles. The van der Waals surface area contributed by atoms with Crippen LogP contribution in [0.4, 0.5) is 0 Å². The first-order chi connectivity index (χ1) is 6.74. The fourth-order valence-electron chi connectivity index (χ4n) is 1.65. The van der Waals surface area contributed by atoms with Gasteiger partial charge in [-0.15, -0.1) is 0 Å². The first kappa shape index (κ1) is 11.7. The van der Waals surface area contributed by atoms with Gasteiger partial charge >= 0.3 is 0 Å². The summed E-state index contributed by atoms with van der Waals surface area (Å²) in [7, 11) is 0. The van der Waals surface area contributed by atoms with Crippen LogP contribution >= 0.6 is 15.9 Å². The van der Waals surface area contributed by atoms with Crippen molar-refractivity contribution in [1.82, 2.24) is 15.1 Å². The lowest BCUT2D eigenvalue weighted by molar-refractivity contribution is 0.480. The van der Waals surface area contributed by atoms with Crippen molar-refractivity contribution >= 4 is 15.9 Å². The first-order valence-corrected chi connectivity index (χ1v) is 5.98. The van der Waals surface area contributed by atoms with E-state index in [1.54, 1.807) is 0 Å². The quantitative estimate of drug-likeness (QED) is 0.882. The molecule has 1 rings (SSSR count). The highest BCUT2D eigenvalue weighted by molar-refractivity contribution is 9.10. The summed E-state index contributed by atoms with van der Waals surface area (Å²) in [5.74, 6) is 0. The molecule has 0 radical (unpaired) electrons. The second-order valence-electron chi connectivity index (χ2n) is 3.21. The van der Waals surface area contributed by atoms with Gasteiger partial charge in [0.2, 0.25) is 0 Å². The number of aromatic nitrogens is 2. The lowest BCUT2D eigenvalue weighted by Gasteiger charge is -2.17. The maximum absolute atomic E-state index is 4.32. The average Bonchev–Trinajstić information content (AvgIpc) is 2.56. The fourth-order valence-corrected chi connectivity index (χ4v) is 2.22. The molecular weight excluding hydrogens is 242 g/mol. The Morgan fingerprint density at radius 1 is 1.50 bits per heavy atom. The van der Waals surface area contributed by atoms with Crippen molar-refractivity contribution in [3.05, 3.63) is 16.4 Å². The highest BCUT2D eigenvalue weighted by Crippen LogP contribution is 2.25. The van der Waals surface area contributed by atoms with Crippen molar-refractivity contribution in [2.45, 2.75) is 39.8 Å². The van der Waals surface area contributed by atoms with Gasteiger partial charge < -0.3 is 5.32 Å². The van der Waals surface area contributed by atoms with Crippen LogP contribution in [0.1, 0.15) is 38.9 Å². The van der Waals surface area contributed by atoms with E-state index >= 15 is 0 Å². The van der Waals surface area contributed by atoms with Crippen LogP contribution in [0.5, 0.6) is 0 Å². The Kier molecular flexibility index (Phi) is 4.62. The summed E-state index contributed by atoms with van der Waals surface area (Å²) >= 11 is 3.55. The lowest BCUT2D eigenvalue weighted by Crippen LogP contribution is -2.23. The maximum Gasteiger partial charge on any atom is 0.0695 e. The monoisotopic (exact) mass is 259 g/mol. The summed E-state index contributed by atoms with van der Waals surface area (Å²) in [4.78, 5) is 0. The number of nitrogens with zero attached hydrogens (tertiary/aromatic N) is 2. The Balaban J connectivity index is 2.94. The summed E-state index contributed by atoms with van der Waals surface area (Å²) in [6.07, 6.45) is 2.96. The van der Waals surface area contributed by atoms with Crippen molar-refractivity contribution in [2.24, 2.45) is 0 Å². The van der Waals surface area contributed by atoms with E-state index in [1.807, 2.05) is 10.9 Å². The second kappa shape index (κ2) is 5.51. The SMILES string of the molecule is CCNC(CC)c1c(Br)cnn1CC. The summed E-state index contributed by atoms with van der Waals surface area (Å²) in [5.41, 5.74) is 1.26. The van der Waals surface area contributed by atoms with Gasteiger partial charge in [-0.2, -0.15) is 5.10 Å². The Hall–Kier alpha value is -0.350. The average molecular weight is 260 g/mol. The van der Waals surface area contributed by atoms with E-state index in [1.165, 1.54) is 5.69 Å². The molecule has 1 aromatic rings. The van der Waals surface area contributed by atoms with Gasteiger partial charge in [0.15, 0.2) is 0 Å². The van der Waals surface area contributed by atoms with Gasteiger partial charge in [-0.25, -0.2) is 0 Å². The van der Waals surface area contributed by atoms with Gasteiger partial charge in [-0.3, -0.25) is 4.68 Å². The molecular formula is C10H18BrN3. The van der Waals surface area contributed by atoms with E-state index in [9.17, 15) is 0 Å². The van der Waals surface area contributed by atoms with Gasteiger partial charge in [0.1, 0.15) is 0 Å². The summed E-state index contributed by atoms with van der Waals surface area (Å²) < 4.78 is 3.15. The van der Waals surface area contributed by atoms with Gasteiger partial charge in [0, 0.05) is 6.54 Å². The summed E-state index contributed by atoms with van der Waals surface area (Å²) in [5, 5.41) is 7.77. The largest absolute Gasteiger partial charge is 0.309 e. The molecule has 1 heterocycles. The van der Waals surface area contributed by atoms with Crippen LogP contribution in [0.25, 0.3) is 0 Å². The Bertz CT molecular complexity index is 283. The van der Waals surface area contributed by atoms with Crippen molar-refractivity contribution in [1.29, 1.82) is 0 Å². The van der Waals surface area contributed by atoms with Crippen LogP contribution < -0.4 is 5.32 Å². The van der Waals surface area contributed by atoms with Gasteiger partial charge in [0.05, 0.1) is 22.4 Å². The minimum atomic E-state index is 0.400. The minimum Gasteiger partial charge on any atom is -0.309 e. The number of rotatable bonds is 5. The molecule has 0 saturated carbocycles. The molecule has 80 valence electrons. The van der Waals surface area contributed by atoms with Crippen molar-refractivity contribution < 1.29 is 0 Å². The summed E-state index contributed by atoms with van der Waals surface area (Å²) in [6.45, 7) is 8.33. The molecule has 0 aliphatic carbocycles. The molecule has 0 saturated heterocycles. The third kappa shape index (κ3) is 2.36. The van der Waals surface area contributed by atoms with Crippen LogP contribution in [-0.2, 0) is 6.54 Å². The molecule has 4 heteroatoms. The number of nitrogens with one attached hydrogen (secondary N) is 1. The zero-order chi connectivity index (χ0) is 10.6. The standard InChI is InChI=1S/C10H18BrN3/c1-4-9(12-5-2)10-8(11)7-13-14(10)6-3/h7,9,12H,4-6H2,1-3H3. The highest BCUT2D eigenvalue weighted by Gasteiger charge is 2.16. The smallest absolute Gasteiger partial charge is 0.0695 e. The Morgan fingerprint density at radius 2 is 2.21 bits per heavy atom. The predicted molar refractivity (Wildman–Crippen MR) is 62.3 cm³/mol. The van der Waals surface area contributed by atoms with Crippen LogP contribution in [0.3, 0.4) is 0 Å². The third-order valence-electron chi connectivity index (χ3n) is 2.32. The molecule has 0 amide bonds. The predicted octanol–water partition coefficient (Wildman–Crippen LogP) is 2.73. The van der Waals surface area contributed by atoms with Crippen LogP contribution in [0, 0.1) is 0 Å². The normalized spacial score (nSPS) is 13.1. The fraction of sp³-hybridized carbons (Fsp3) is 0.700. The third-order valence-corrected chi connectivity index (χ3v) is 2.93. The highest BCUT2D eigenvalue weighted by atomic mass is 79.9. The van der Waals surface area contributed by atoms with E-state index in [0.717, 1.165) is 24.0 Å². The number of aryl methyl sites for hydroxylation is 1. The van der Waals surface area contributed by atoms with Crippen LogP contribution in [-0.4, -0.2) is 16.3 Å². The topological polar surface area (TPSA) is 29.9 Å². The molecule has 0 aliphatic rings. The van der Waals surface area contributed by atoms with E-state index in [-0.39, 0.29) is 0 Å². The zero-order valence-electron chi connectivity index (χ0n) is 9.05. The van der Waals surface area contributed by atoms with Crippen LogP contribution in [0.15, 0.2) is 10.7 Å². The molecule has 3 nitrogen and oxygen atoms in total. The van der Waals surface area contributed by atoms with Crippen LogP contribution in [0.2, 0.25) is 0 Å². The number of hydrogen-bond acceptors (Lipinski definition) is 2. The number of hydrogen-bond donors (Lipinski definition) is 1. The minimum absolute atomic E-state index is 0.400. The molecule has 1 atom stereocenters. The van der Waals surface area contributed by atoms with Gasteiger partial charge in [-0.1, -0.05) is 13.8 Å². The van der Waals surface area contributed by atoms with Crippen molar-refractivity contribution in [3.8, 4) is 0 Å². The van der Waals surface area contributed by atoms with E-state index < -0.39 is 0 Å². The first-order valence-electron chi connectivity index (χ1n) is 5.19. The van der Waals surface area contributed by atoms with Crippen molar-refractivity contribution in [3.63, 3.8) is 0 Å². The maximum atomic E-state index is 4.32. The number of halogens is 1. The molecule has 0 bridgehead atoms.